The first-order valence-corrected chi connectivity index (χ1v) is 5.82. The second kappa shape index (κ2) is 4.53. The molecule has 0 saturated carbocycles. The number of alkyl halides is 3. The number of rotatable bonds is 1. The van der Waals surface area contributed by atoms with Gasteiger partial charge in [0.2, 0.25) is 0 Å². The summed E-state index contributed by atoms with van der Waals surface area (Å²) in [4.78, 5) is 0. The molecular weight excluding hydrogens is 245 g/mol. The van der Waals surface area contributed by atoms with Crippen LogP contribution in [0.3, 0.4) is 0 Å². The lowest BCUT2D eigenvalue weighted by Gasteiger charge is -2.43. The summed E-state index contributed by atoms with van der Waals surface area (Å²) in [5.74, 6) is 5.05. The number of quaternary nitrogens is 1. The third kappa shape index (κ3) is 2.82. The van der Waals surface area contributed by atoms with Crippen molar-refractivity contribution in [1.29, 1.82) is 0 Å². The molecule has 1 fully saturated rings. The van der Waals surface area contributed by atoms with Gasteiger partial charge in [0, 0.05) is 5.92 Å². The summed E-state index contributed by atoms with van der Waals surface area (Å²) < 4.78 is 37.7. The molecule has 0 aliphatic carbocycles. The number of hydrogen-bond donors (Lipinski definition) is 1. The first-order valence-electron chi connectivity index (χ1n) is 5.82. The average molecular weight is 260 g/mol. The molecule has 2 unspecified atom stereocenters. The lowest BCUT2D eigenvalue weighted by atomic mass is 9.87. The number of benzene rings is 1. The van der Waals surface area contributed by atoms with Crippen LogP contribution < -0.4 is 5.84 Å². The molecule has 2 atom stereocenters. The Hall–Kier alpha value is -1.11. The lowest BCUT2D eigenvalue weighted by Crippen LogP contribution is -2.54. The average Bonchev–Trinajstić information content (AvgIpc) is 2.26. The van der Waals surface area contributed by atoms with Gasteiger partial charge < -0.3 is 5.21 Å². The van der Waals surface area contributed by atoms with E-state index in [1.165, 1.54) is 12.1 Å². The zero-order chi connectivity index (χ0) is 13.4. The van der Waals surface area contributed by atoms with Crippen molar-refractivity contribution in [2.24, 2.45) is 5.84 Å². The van der Waals surface area contributed by atoms with Gasteiger partial charge in [-0.1, -0.05) is 18.2 Å². The van der Waals surface area contributed by atoms with Crippen LogP contribution in [0, 0.1) is 5.21 Å². The zero-order valence-corrected chi connectivity index (χ0v) is 9.78. The van der Waals surface area contributed by atoms with Crippen molar-refractivity contribution >= 4 is 0 Å². The number of hydrogen-bond acceptors (Lipinski definition) is 2. The molecular formula is C12H15F3N2O. The first kappa shape index (κ1) is 13.3. The van der Waals surface area contributed by atoms with E-state index in [2.05, 4.69) is 0 Å². The Morgan fingerprint density at radius 2 is 1.94 bits per heavy atom. The van der Waals surface area contributed by atoms with Crippen LogP contribution in [0.1, 0.15) is 29.9 Å². The molecule has 2 N–H and O–H groups in total. The van der Waals surface area contributed by atoms with Crippen LogP contribution in [0.2, 0.25) is 0 Å². The van der Waals surface area contributed by atoms with Crippen molar-refractivity contribution in [3.8, 4) is 0 Å². The SMILES string of the molecule is N[N+]1([O-])CCCC(c2ccccc2C(F)(F)F)C1. The summed E-state index contributed by atoms with van der Waals surface area (Å²) >= 11 is 0. The predicted molar refractivity (Wildman–Crippen MR) is 61.0 cm³/mol. The van der Waals surface area contributed by atoms with Gasteiger partial charge in [0.1, 0.15) is 6.54 Å². The minimum absolute atomic E-state index is 0.00704. The second-order valence-electron chi connectivity index (χ2n) is 4.78. The Morgan fingerprint density at radius 3 is 2.56 bits per heavy atom. The number of nitrogens with zero attached hydrogens (tertiary/aromatic N) is 1. The molecule has 0 bridgehead atoms. The molecule has 3 nitrogen and oxygen atoms in total. The highest BCUT2D eigenvalue weighted by Crippen LogP contribution is 2.38. The number of halogens is 3. The summed E-state index contributed by atoms with van der Waals surface area (Å²) in [5, 5.41) is 11.7. The normalized spacial score (nSPS) is 29.3. The van der Waals surface area contributed by atoms with E-state index < -0.39 is 22.4 Å². The molecule has 0 amide bonds. The van der Waals surface area contributed by atoms with Crippen LogP contribution in [0.25, 0.3) is 0 Å². The highest BCUT2D eigenvalue weighted by atomic mass is 19.4. The third-order valence-electron chi connectivity index (χ3n) is 3.32. The molecule has 1 saturated heterocycles. The van der Waals surface area contributed by atoms with Crippen molar-refractivity contribution in [3.05, 3.63) is 40.6 Å². The zero-order valence-electron chi connectivity index (χ0n) is 9.78. The van der Waals surface area contributed by atoms with E-state index in [0.717, 1.165) is 6.07 Å². The Bertz CT molecular complexity index is 432. The first-order chi connectivity index (χ1) is 8.30. The lowest BCUT2D eigenvalue weighted by molar-refractivity contribution is -0.898. The monoisotopic (exact) mass is 260 g/mol. The van der Waals surface area contributed by atoms with Gasteiger partial charge >= 0.3 is 6.18 Å². The Balaban J connectivity index is 2.33. The smallest absolute Gasteiger partial charge is 0.416 e. The summed E-state index contributed by atoms with van der Waals surface area (Å²) in [7, 11) is 0. The van der Waals surface area contributed by atoms with Gasteiger partial charge in [0.25, 0.3) is 0 Å². The van der Waals surface area contributed by atoms with Gasteiger partial charge in [-0.05, 0) is 24.5 Å². The van der Waals surface area contributed by atoms with Crippen molar-refractivity contribution in [2.45, 2.75) is 24.9 Å². The summed E-state index contributed by atoms with van der Waals surface area (Å²) in [6.07, 6.45) is -3.26. The highest BCUT2D eigenvalue weighted by Gasteiger charge is 2.37. The molecule has 1 aliphatic heterocycles. The molecule has 1 aromatic rings. The van der Waals surface area contributed by atoms with Gasteiger partial charge in [-0.2, -0.15) is 19.0 Å². The van der Waals surface area contributed by atoms with Gasteiger partial charge in [-0.15, -0.1) is 0 Å². The second-order valence-corrected chi connectivity index (χ2v) is 4.78. The maximum atomic E-state index is 12.9. The van der Waals surface area contributed by atoms with E-state index in [-0.39, 0.29) is 18.7 Å². The van der Waals surface area contributed by atoms with Gasteiger partial charge in [-0.25, -0.2) is 0 Å². The van der Waals surface area contributed by atoms with E-state index in [1.807, 2.05) is 0 Å². The summed E-state index contributed by atoms with van der Waals surface area (Å²) in [5.41, 5.74) is -0.467. The van der Waals surface area contributed by atoms with E-state index in [0.29, 0.717) is 12.8 Å². The molecule has 18 heavy (non-hydrogen) atoms. The molecule has 1 aliphatic rings. The topological polar surface area (TPSA) is 49.1 Å². The maximum absolute atomic E-state index is 12.9. The van der Waals surface area contributed by atoms with Crippen LogP contribution in [0.15, 0.2) is 24.3 Å². The van der Waals surface area contributed by atoms with E-state index in [9.17, 15) is 18.4 Å². The minimum atomic E-state index is -4.39. The molecule has 0 radical (unpaired) electrons. The van der Waals surface area contributed by atoms with Crippen molar-refractivity contribution < 1.29 is 17.9 Å². The van der Waals surface area contributed by atoms with Gasteiger partial charge in [0.15, 0.2) is 0 Å². The van der Waals surface area contributed by atoms with Crippen LogP contribution in [0.4, 0.5) is 13.2 Å². The van der Waals surface area contributed by atoms with Crippen LogP contribution in [-0.4, -0.2) is 17.8 Å². The summed E-state index contributed by atoms with van der Waals surface area (Å²) in [6, 6.07) is 5.42. The fourth-order valence-electron chi connectivity index (χ4n) is 2.53. The van der Waals surface area contributed by atoms with Gasteiger partial charge in [-0.3, -0.25) is 4.76 Å². The largest absolute Gasteiger partial charge is 0.612 e. The predicted octanol–water partition coefficient (Wildman–Crippen LogP) is 2.77. The molecule has 0 aromatic heterocycles. The number of piperidine rings is 1. The van der Waals surface area contributed by atoms with E-state index in [1.54, 1.807) is 6.07 Å². The quantitative estimate of drug-likeness (QED) is 0.479. The highest BCUT2D eigenvalue weighted by molar-refractivity contribution is 5.33. The Labute approximate surface area is 103 Å². The van der Waals surface area contributed by atoms with Crippen molar-refractivity contribution in [1.82, 2.24) is 0 Å². The molecule has 1 heterocycles. The fourth-order valence-corrected chi connectivity index (χ4v) is 2.53. The molecule has 0 spiro atoms. The molecule has 2 rings (SSSR count). The molecule has 6 heteroatoms. The van der Waals surface area contributed by atoms with Crippen molar-refractivity contribution in [2.75, 3.05) is 13.1 Å². The van der Waals surface area contributed by atoms with E-state index in [4.69, 9.17) is 5.84 Å². The van der Waals surface area contributed by atoms with Gasteiger partial charge in [0.05, 0.1) is 12.1 Å². The molecule has 100 valence electrons. The molecule has 1 aromatic carbocycles. The van der Waals surface area contributed by atoms with Crippen LogP contribution in [-0.2, 0) is 6.18 Å². The Kier molecular flexibility index (Phi) is 3.35. The maximum Gasteiger partial charge on any atom is 0.416 e. The number of hydroxylamine groups is 2. The third-order valence-corrected chi connectivity index (χ3v) is 3.32. The number of nitrogens with two attached hydrogens (primary N) is 1. The van der Waals surface area contributed by atoms with Crippen LogP contribution in [0.5, 0.6) is 0 Å². The van der Waals surface area contributed by atoms with Crippen molar-refractivity contribution in [3.63, 3.8) is 0 Å². The standard InChI is InChI=1S/C12H15F3N2O/c13-12(14,15)11-6-2-1-5-10(11)9-4-3-7-17(16,18)8-9/h1-2,5-6,9H,3-4,7-8,16H2. The van der Waals surface area contributed by atoms with Crippen LogP contribution >= 0.6 is 0 Å². The summed E-state index contributed by atoms with van der Waals surface area (Å²) in [6.45, 7) is 0.276. The van der Waals surface area contributed by atoms with E-state index >= 15 is 0 Å². The fraction of sp³-hybridized carbons (Fsp3) is 0.500. The Morgan fingerprint density at radius 1 is 1.28 bits per heavy atom. The minimum Gasteiger partial charge on any atom is -0.612 e.